The Hall–Kier alpha value is -0.910. The van der Waals surface area contributed by atoms with Crippen LogP contribution >= 0.6 is 15.9 Å². The minimum Gasteiger partial charge on any atom is -0.406 e. The first kappa shape index (κ1) is 14.5. The molecule has 0 spiro atoms. The highest BCUT2D eigenvalue weighted by Gasteiger charge is 2.31. The fourth-order valence-corrected chi connectivity index (χ4v) is 2.80. The van der Waals surface area contributed by atoms with E-state index >= 15 is 0 Å². The number of ether oxygens (including phenoxy) is 1. The molecule has 0 unspecified atom stereocenters. The van der Waals surface area contributed by atoms with Gasteiger partial charge in [0.15, 0.2) is 0 Å². The van der Waals surface area contributed by atoms with Crippen LogP contribution in [0.5, 0.6) is 5.75 Å². The molecule has 1 aromatic carbocycles. The minimum atomic E-state index is -4.65. The van der Waals surface area contributed by atoms with E-state index in [-0.39, 0.29) is 5.75 Å². The largest absolute Gasteiger partial charge is 0.573 e. The molecule has 1 aliphatic carbocycles. The van der Waals surface area contributed by atoms with Crippen molar-refractivity contribution in [3.05, 3.63) is 22.7 Å². The molecule has 106 valence electrons. The molecule has 2 rings (SSSR count). The van der Waals surface area contributed by atoms with Crippen LogP contribution < -0.4 is 10.1 Å². The number of halogens is 4. The molecule has 1 N–H and O–H groups in total. The monoisotopic (exact) mass is 337 g/mol. The molecule has 0 bridgehead atoms. The molecule has 6 heteroatoms. The zero-order chi connectivity index (χ0) is 13.9. The standard InChI is InChI=1S/C13H15BrF3NO/c14-11-7-10(19-13(15,16)17)5-6-12(11)18-8-9-3-1-2-4-9/h5-7,9,18H,1-4,8H2. The molecular weight excluding hydrogens is 323 g/mol. The van der Waals surface area contributed by atoms with Gasteiger partial charge in [-0.1, -0.05) is 12.8 Å². The van der Waals surface area contributed by atoms with Crippen molar-refractivity contribution in [2.75, 3.05) is 11.9 Å². The summed E-state index contributed by atoms with van der Waals surface area (Å²) < 4.78 is 40.7. The lowest BCUT2D eigenvalue weighted by Crippen LogP contribution is -2.17. The molecule has 2 nitrogen and oxygen atoms in total. The second-order valence-electron chi connectivity index (χ2n) is 4.72. The summed E-state index contributed by atoms with van der Waals surface area (Å²) in [7, 11) is 0. The van der Waals surface area contributed by atoms with E-state index in [0.717, 1.165) is 12.2 Å². The Balaban J connectivity index is 1.94. The highest BCUT2D eigenvalue weighted by molar-refractivity contribution is 9.10. The number of anilines is 1. The lowest BCUT2D eigenvalue weighted by Gasteiger charge is -2.14. The van der Waals surface area contributed by atoms with E-state index in [9.17, 15) is 13.2 Å². The first-order chi connectivity index (χ1) is 8.94. The van der Waals surface area contributed by atoms with Crippen molar-refractivity contribution >= 4 is 21.6 Å². The fourth-order valence-electron chi connectivity index (χ4n) is 2.31. The smallest absolute Gasteiger partial charge is 0.406 e. The van der Waals surface area contributed by atoms with E-state index < -0.39 is 6.36 Å². The van der Waals surface area contributed by atoms with Gasteiger partial charge in [0.1, 0.15) is 5.75 Å². The van der Waals surface area contributed by atoms with Gasteiger partial charge in [-0.05, 0) is 52.9 Å². The Kier molecular flexibility index (Phi) is 4.60. The van der Waals surface area contributed by atoms with Crippen molar-refractivity contribution < 1.29 is 17.9 Å². The third kappa shape index (κ3) is 4.60. The Labute approximate surface area is 118 Å². The zero-order valence-corrected chi connectivity index (χ0v) is 11.9. The molecule has 0 heterocycles. The summed E-state index contributed by atoms with van der Waals surface area (Å²) in [4.78, 5) is 0. The third-order valence-electron chi connectivity index (χ3n) is 3.23. The molecule has 0 amide bonds. The number of hydrogen-bond acceptors (Lipinski definition) is 2. The van der Waals surface area contributed by atoms with Crippen molar-refractivity contribution in [3.8, 4) is 5.75 Å². The first-order valence-electron chi connectivity index (χ1n) is 6.23. The minimum absolute atomic E-state index is 0.217. The molecule has 1 aromatic rings. The van der Waals surface area contributed by atoms with E-state index in [1.54, 1.807) is 6.07 Å². The zero-order valence-electron chi connectivity index (χ0n) is 10.3. The van der Waals surface area contributed by atoms with Gasteiger partial charge >= 0.3 is 6.36 Å². The Morgan fingerprint density at radius 1 is 1.26 bits per heavy atom. The molecule has 19 heavy (non-hydrogen) atoms. The second kappa shape index (κ2) is 6.03. The summed E-state index contributed by atoms with van der Waals surface area (Å²) >= 11 is 3.25. The Morgan fingerprint density at radius 2 is 1.95 bits per heavy atom. The summed E-state index contributed by atoms with van der Waals surface area (Å²) in [5.74, 6) is 0.448. The second-order valence-corrected chi connectivity index (χ2v) is 5.58. The van der Waals surface area contributed by atoms with Crippen molar-refractivity contribution in [1.29, 1.82) is 0 Å². The number of hydrogen-bond donors (Lipinski definition) is 1. The average Bonchev–Trinajstić information content (AvgIpc) is 2.78. The van der Waals surface area contributed by atoms with Gasteiger partial charge in [0.2, 0.25) is 0 Å². The molecule has 0 aliphatic heterocycles. The van der Waals surface area contributed by atoms with E-state index in [1.807, 2.05) is 0 Å². The summed E-state index contributed by atoms with van der Waals surface area (Å²) in [6.45, 7) is 0.859. The van der Waals surface area contributed by atoms with Crippen LogP contribution in [0.2, 0.25) is 0 Å². The van der Waals surface area contributed by atoms with Crippen LogP contribution in [-0.2, 0) is 0 Å². The predicted octanol–water partition coefficient (Wildman–Crippen LogP) is 4.95. The van der Waals surface area contributed by atoms with Gasteiger partial charge in [-0.3, -0.25) is 0 Å². The van der Waals surface area contributed by atoms with Gasteiger partial charge in [-0.15, -0.1) is 13.2 Å². The lowest BCUT2D eigenvalue weighted by molar-refractivity contribution is -0.274. The normalized spacial score (nSPS) is 16.6. The van der Waals surface area contributed by atoms with Crippen molar-refractivity contribution in [3.63, 3.8) is 0 Å². The van der Waals surface area contributed by atoms with Crippen molar-refractivity contribution in [2.24, 2.45) is 5.92 Å². The summed E-state index contributed by atoms with van der Waals surface area (Å²) in [6.07, 6.45) is 0.329. The quantitative estimate of drug-likeness (QED) is 0.839. The highest BCUT2D eigenvalue weighted by Crippen LogP contribution is 2.31. The van der Waals surface area contributed by atoms with Gasteiger partial charge in [-0.2, -0.15) is 0 Å². The number of benzene rings is 1. The van der Waals surface area contributed by atoms with Crippen LogP contribution in [0.4, 0.5) is 18.9 Å². The SMILES string of the molecule is FC(F)(F)Oc1ccc(NCC2CCCC2)c(Br)c1. The van der Waals surface area contributed by atoms with Crippen LogP contribution in [0.15, 0.2) is 22.7 Å². The Morgan fingerprint density at radius 3 is 2.53 bits per heavy atom. The van der Waals surface area contributed by atoms with Crippen LogP contribution in [0.1, 0.15) is 25.7 Å². The molecule has 0 aromatic heterocycles. The maximum absolute atomic E-state index is 12.1. The average molecular weight is 338 g/mol. The van der Waals surface area contributed by atoms with E-state index in [4.69, 9.17) is 0 Å². The molecule has 0 saturated heterocycles. The molecule has 1 aliphatic rings. The first-order valence-corrected chi connectivity index (χ1v) is 7.02. The van der Waals surface area contributed by atoms with Crippen molar-refractivity contribution in [2.45, 2.75) is 32.0 Å². The third-order valence-corrected chi connectivity index (χ3v) is 3.89. The molecule has 0 atom stereocenters. The topological polar surface area (TPSA) is 21.3 Å². The van der Waals surface area contributed by atoms with Crippen LogP contribution in [0.3, 0.4) is 0 Å². The van der Waals surface area contributed by atoms with Crippen molar-refractivity contribution in [1.82, 2.24) is 0 Å². The van der Waals surface area contributed by atoms with Crippen LogP contribution in [0.25, 0.3) is 0 Å². The van der Waals surface area contributed by atoms with Crippen LogP contribution in [0, 0.1) is 5.92 Å². The van der Waals surface area contributed by atoms with E-state index in [0.29, 0.717) is 10.4 Å². The van der Waals surface area contributed by atoms with Gasteiger partial charge in [0.25, 0.3) is 0 Å². The highest BCUT2D eigenvalue weighted by atomic mass is 79.9. The van der Waals surface area contributed by atoms with Gasteiger partial charge in [0.05, 0.1) is 0 Å². The summed E-state index contributed by atoms with van der Waals surface area (Å²) in [5, 5.41) is 3.26. The molecule has 1 fully saturated rings. The summed E-state index contributed by atoms with van der Waals surface area (Å²) in [6, 6.07) is 4.24. The molecule has 0 radical (unpaired) electrons. The maximum atomic E-state index is 12.1. The van der Waals surface area contributed by atoms with Gasteiger partial charge in [0, 0.05) is 16.7 Å². The molecule has 1 saturated carbocycles. The number of alkyl halides is 3. The molecular formula is C13H15BrF3NO. The summed E-state index contributed by atoms with van der Waals surface area (Å²) in [5.41, 5.74) is 0.793. The lowest BCUT2D eigenvalue weighted by atomic mass is 10.1. The predicted molar refractivity (Wildman–Crippen MR) is 71.3 cm³/mol. The van der Waals surface area contributed by atoms with Crippen LogP contribution in [-0.4, -0.2) is 12.9 Å². The maximum Gasteiger partial charge on any atom is 0.573 e. The fraction of sp³-hybridized carbons (Fsp3) is 0.538. The number of rotatable bonds is 4. The van der Waals surface area contributed by atoms with E-state index in [2.05, 4.69) is 26.0 Å². The van der Waals surface area contributed by atoms with E-state index in [1.165, 1.54) is 37.8 Å². The van der Waals surface area contributed by atoms with Gasteiger partial charge < -0.3 is 10.1 Å². The number of nitrogens with one attached hydrogen (secondary N) is 1. The Bertz CT molecular complexity index is 430. The van der Waals surface area contributed by atoms with Gasteiger partial charge in [-0.25, -0.2) is 0 Å².